The first kappa shape index (κ1) is 32.1. The van der Waals surface area contributed by atoms with Crippen molar-refractivity contribution in [3.05, 3.63) is 70.8 Å². The van der Waals surface area contributed by atoms with Gasteiger partial charge < -0.3 is 19.7 Å². The van der Waals surface area contributed by atoms with E-state index in [4.69, 9.17) is 14.3 Å². The minimum absolute atomic E-state index is 0.115. The predicted molar refractivity (Wildman–Crippen MR) is 157 cm³/mol. The van der Waals surface area contributed by atoms with Crippen molar-refractivity contribution in [2.45, 2.75) is 50.7 Å². The van der Waals surface area contributed by atoms with Crippen LogP contribution in [-0.4, -0.2) is 92.5 Å². The van der Waals surface area contributed by atoms with Crippen molar-refractivity contribution in [1.29, 1.82) is 0 Å². The number of hydrogen-bond donors (Lipinski definition) is 2. The summed E-state index contributed by atoms with van der Waals surface area (Å²) in [5, 5.41) is 2.46. The van der Waals surface area contributed by atoms with E-state index in [0.717, 1.165) is 48.5 Å². The van der Waals surface area contributed by atoms with Gasteiger partial charge in [0.25, 0.3) is 17.7 Å². The van der Waals surface area contributed by atoms with Crippen molar-refractivity contribution in [3.63, 3.8) is 0 Å². The van der Waals surface area contributed by atoms with Gasteiger partial charge in [0.2, 0.25) is 0 Å². The fourth-order valence-electron chi connectivity index (χ4n) is 4.83. The Morgan fingerprint density at radius 3 is 2.28 bits per heavy atom. The van der Waals surface area contributed by atoms with E-state index in [2.05, 4.69) is 27.5 Å². The molecular formula is C32H39FN4O6. The first-order valence-corrected chi connectivity index (χ1v) is 14.4. The van der Waals surface area contributed by atoms with Crippen LogP contribution in [0.3, 0.4) is 0 Å². The number of carbonyl (C=O) groups excluding carboxylic acids is 3. The molecule has 2 N–H and O–H groups in total. The number of amides is 3. The minimum atomic E-state index is -1.88. The van der Waals surface area contributed by atoms with Crippen LogP contribution < -0.4 is 10.8 Å². The predicted octanol–water partition coefficient (Wildman–Crippen LogP) is 2.41. The lowest BCUT2D eigenvalue weighted by molar-refractivity contribution is -0.204. The molecule has 2 saturated heterocycles. The molecule has 0 aliphatic carbocycles. The van der Waals surface area contributed by atoms with Gasteiger partial charge in [-0.05, 0) is 61.7 Å². The van der Waals surface area contributed by atoms with Crippen LogP contribution in [0.4, 0.5) is 4.39 Å². The molecule has 230 valence electrons. The second-order valence-electron chi connectivity index (χ2n) is 10.8. The Balaban J connectivity index is 1.34. The zero-order chi connectivity index (χ0) is 30.8. The number of hydroxylamine groups is 1. The van der Waals surface area contributed by atoms with Crippen LogP contribution in [0, 0.1) is 11.8 Å². The number of hydrogen-bond acceptors (Lipinski definition) is 7. The Bertz CT molecular complexity index is 1310. The summed E-state index contributed by atoms with van der Waals surface area (Å²) in [7, 11) is 2.79. The van der Waals surface area contributed by atoms with Gasteiger partial charge in [0.1, 0.15) is 6.67 Å². The maximum Gasteiger partial charge on any atom is 0.279 e. The third kappa shape index (κ3) is 8.18. The highest BCUT2D eigenvalue weighted by Gasteiger charge is 2.47. The summed E-state index contributed by atoms with van der Waals surface area (Å²) in [6.45, 7) is 4.00. The van der Waals surface area contributed by atoms with Gasteiger partial charge in [-0.3, -0.25) is 19.3 Å². The number of likely N-dealkylation sites (tertiary alicyclic amines) is 1. The van der Waals surface area contributed by atoms with Crippen molar-refractivity contribution in [2.75, 3.05) is 47.1 Å². The fraction of sp³-hybridized carbons (Fsp3) is 0.469. The summed E-state index contributed by atoms with van der Waals surface area (Å²) >= 11 is 0. The lowest BCUT2D eigenvalue weighted by atomic mass is 9.96. The van der Waals surface area contributed by atoms with E-state index in [9.17, 15) is 18.8 Å². The fourth-order valence-corrected chi connectivity index (χ4v) is 4.83. The summed E-state index contributed by atoms with van der Waals surface area (Å²) in [5.41, 5.74) is 3.43. The van der Waals surface area contributed by atoms with Crippen LogP contribution in [-0.2, 0) is 30.4 Å². The van der Waals surface area contributed by atoms with Gasteiger partial charge in [-0.25, -0.2) is 14.7 Å². The van der Waals surface area contributed by atoms with E-state index >= 15 is 0 Å². The Kier molecular flexibility index (Phi) is 11.3. The number of nitrogens with zero attached hydrogens (tertiary/aromatic N) is 2. The van der Waals surface area contributed by atoms with Crippen molar-refractivity contribution < 1.29 is 33.1 Å². The Morgan fingerprint density at radius 1 is 1.05 bits per heavy atom. The van der Waals surface area contributed by atoms with Gasteiger partial charge in [0.15, 0.2) is 11.8 Å². The van der Waals surface area contributed by atoms with Gasteiger partial charge in [0.05, 0.1) is 12.7 Å². The lowest BCUT2D eigenvalue weighted by Crippen LogP contribution is -2.65. The molecular weight excluding hydrogens is 555 g/mol. The number of ether oxygens (including phenoxy) is 2. The first-order chi connectivity index (χ1) is 20.7. The largest absolute Gasteiger partial charge is 0.373 e. The van der Waals surface area contributed by atoms with Crippen LogP contribution >= 0.6 is 0 Å². The van der Waals surface area contributed by atoms with E-state index in [-0.39, 0.29) is 12.7 Å². The molecule has 0 saturated carbocycles. The molecule has 2 heterocycles. The molecule has 2 aliphatic heterocycles. The third-order valence-electron chi connectivity index (χ3n) is 7.71. The van der Waals surface area contributed by atoms with Crippen molar-refractivity contribution in [3.8, 4) is 11.8 Å². The summed E-state index contributed by atoms with van der Waals surface area (Å²) in [6, 6.07) is 14.6. The molecule has 2 aromatic rings. The minimum Gasteiger partial charge on any atom is -0.373 e. The maximum atomic E-state index is 13.4. The summed E-state index contributed by atoms with van der Waals surface area (Å²) in [5.74, 6) is 4.25. The molecule has 0 aromatic heterocycles. The van der Waals surface area contributed by atoms with E-state index in [1.807, 2.05) is 24.3 Å². The van der Waals surface area contributed by atoms with Gasteiger partial charge in [-0.1, -0.05) is 24.0 Å². The highest BCUT2D eigenvalue weighted by atomic mass is 19.1. The molecule has 0 bridgehead atoms. The smallest absolute Gasteiger partial charge is 0.279 e. The second-order valence-corrected chi connectivity index (χ2v) is 10.8. The lowest BCUT2D eigenvalue weighted by Gasteiger charge is -2.38. The number of carbonyl (C=O) groups is 3. The van der Waals surface area contributed by atoms with Crippen LogP contribution in [0.1, 0.15) is 53.2 Å². The number of rotatable bonds is 11. The number of likely N-dealkylation sites (N-methyl/N-ethyl adjacent to an activating group) is 2. The van der Waals surface area contributed by atoms with Gasteiger partial charge in [-0.2, -0.15) is 0 Å². The standard InChI is InChI=1S/C32H39FN4O6/c1-32(30(39)34-2,31(40)35-43-28-6-4-5-18-42-28)36(3)29(38)26-15-13-24(14-16-26)8-7-23-9-11-25(12-10-23)20-37-21-27(22-37)41-19-17-33/h9-16,27-28H,4-6,17-22H2,1-3H3,(H,34,39)(H,35,40)/t28?,32-/m0/s1. The average Bonchev–Trinajstić information content (AvgIpc) is 3.03. The highest BCUT2D eigenvalue weighted by Crippen LogP contribution is 2.20. The number of nitrogens with one attached hydrogen (secondary N) is 2. The summed E-state index contributed by atoms with van der Waals surface area (Å²) < 4.78 is 23.1. The van der Waals surface area contributed by atoms with Gasteiger partial charge in [-0.15, -0.1) is 0 Å². The molecule has 2 aliphatic rings. The van der Waals surface area contributed by atoms with Crippen molar-refractivity contribution in [1.82, 2.24) is 20.6 Å². The summed E-state index contributed by atoms with van der Waals surface area (Å²) in [6.07, 6.45) is 1.95. The summed E-state index contributed by atoms with van der Waals surface area (Å²) in [4.78, 5) is 48.0. The van der Waals surface area contributed by atoms with Gasteiger partial charge in [0, 0.05) is 63.4 Å². The van der Waals surface area contributed by atoms with Crippen molar-refractivity contribution in [2.24, 2.45) is 0 Å². The zero-order valence-electron chi connectivity index (χ0n) is 24.9. The molecule has 2 atom stereocenters. The molecule has 10 nitrogen and oxygen atoms in total. The van der Waals surface area contributed by atoms with E-state index in [0.29, 0.717) is 24.2 Å². The molecule has 2 aromatic carbocycles. The molecule has 0 radical (unpaired) electrons. The normalized spacial score (nSPS) is 18.4. The quantitative estimate of drug-likeness (QED) is 0.234. The van der Waals surface area contributed by atoms with Crippen molar-refractivity contribution >= 4 is 17.7 Å². The Morgan fingerprint density at radius 2 is 1.70 bits per heavy atom. The monoisotopic (exact) mass is 594 g/mol. The van der Waals surface area contributed by atoms with Gasteiger partial charge >= 0.3 is 0 Å². The number of alkyl halides is 1. The zero-order valence-corrected chi connectivity index (χ0v) is 24.9. The molecule has 1 unspecified atom stereocenters. The van der Waals surface area contributed by atoms with Crippen LogP contribution in [0.2, 0.25) is 0 Å². The average molecular weight is 595 g/mol. The molecule has 43 heavy (non-hydrogen) atoms. The van der Waals surface area contributed by atoms with E-state index < -0.39 is 36.2 Å². The molecule has 4 rings (SSSR count). The maximum absolute atomic E-state index is 13.4. The molecule has 0 spiro atoms. The Labute approximate surface area is 251 Å². The van der Waals surface area contributed by atoms with E-state index in [1.165, 1.54) is 21.0 Å². The highest BCUT2D eigenvalue weighted by molar-refractivity contribution is 6.12. The first-order valence-electron chi connectivity index (χ1n) is 14.4. The Hall–Kier alpha value is -3.82. The topological polar surface area (TPSA) is 109 Å². The number of benzene rings is 2. The molecule has 3 amide bonds. The third-order valence-corrected chi connectivity index (χ3v) is 7.71. The second kappa shape index (κ2) is 15.1. The number of halogens is 1. The van der Waals surface area contributed by atoms with Crippen LogP contribution in [0.25, 0.3) is 0 Å². The van der Waals surface area contributed by atoms with Crippen LogP contribution in [0.5, 0.6) is 0 Å². The molecule has 2 fully saturated rings. The van der Waals surface area contributed by atoms with E-state index in [1.54, 1.807) is 24.3 Å². The molecule has 11 heteroatoms. The van der Waals surface area contributed by atoms with Crippen LogP contribution in [0.15, 0.2) is 48.5 Å². The SMILES string of the molecule is CNC(=O)[C@@](C)(C(=O)NOC1CCCCO1)N(C)C(=O)c1ccc(C#Cc2ccc(CN3CC(OCCF)C3)cc2)cc1.